The van der Waals surface area contributed by atoms with E-state index in [4.69, 9.17) is 15.1 Å². The van der Waals surface area contributed by atoms with E-state index in [-0.39, 0.29) is 0 Å². The fourth-order valence-electron chi connectivity index (χ4n) is 2.21. The van der Waals surface area contributed by atoms with Crippen LogP contribution in [0, 0.1) is 0 Å². The van der Waals surface area contributed by atoms with Gasteiger partial charge in [0.05, 0.1) is 12.3 Å². The average Bonchev–Trinajstić information content (AvgIpc) is 2.39. The van der Waals surface area contributed by atoms with E-state index in [2.05, 4.69) is 74.0 Å². The van der Waals surface area contributed by atoms with Crippen molar-refractivity contribution in [1.82, 2.24) is 0 Å². The Bertz CT molecular complexity index is 457. The fourth-order valence-corrected chi connectivity index (χ4v) is 4.72. The van der Waals surface area contributed by atoms with Gasteiger partial charge in [-0.25, -0.2) is 0 Å². The fraction of sp³-hybridized carbons (Fsp3) is 0.250. The van der Waals surface area contributed by atoms with Crippen molar-refractivity contribution in [2.24, 2.45) is 0 Å². The molecule has 0 unspecified atom stereocenters. The first-order valence-electron chi connectivity index (χ1n) is 6.81. The number of hydrogen-bond acceptors (Lipinski definition) is 3. The third kappa shape index (κ3) is 8.64. The molecule has 0 saturated carbocycles. The Hall–Kier alpha value is -1.19. The van der Waals surface area contributed by atoms with Gasteiger partial charge in [0.25, 0.3) is 0 Å². The lowest BCUT2D eigenvalue weighted by Gasteiger charge is -2.18. The smallest absolute Gasteiger partial charge is 0.339 e. The van der Waals surface area contributed by atoms with Gasteiger partial charge >= 0.3 is 7.32 Å². The first kappa shape index (κ1) is 17.9. The minimum absolute atomic E-state index is 0.886. The molecular formula is C16H22BO3P. The molecule has 0 bridgehead atoms. The zero-order valence-corrected chi connectivity index (χ0v) is 13.4. The molecule has 0 aliphatic heterocycles. The van der Waals surface area contributed by atoms with Crippen LogP contribution in [0.1, 0.15) is 11.1 Å². The zero-order valence-electron chi connectivity index (χ0n) is 12.5. The number of benzene rings is 2. The van der Waals surface area contributed by atoms with Crippen LogP contribution < -0.4 is 5.02 Å². The summed E-state index contributed by atoms with van der Waals surface area (Å²) in [6.45, 7) is 4.90. The summed E-state index contributed by atoms with van der Waals surface area (Å²) >= 11 is 0. The van der Waals surface area contributed by atoms with Crippen molar-refractivity contribution >= 4 is 14.6 Å². The van der Waals surface area contributed by atoms with Gasteiger partial charge in [-0.05, 0) is 11.1 Å². The quantitative estimate of drug-likeness (QED) is 0.670. The van der Waals surface area contributed by atoms with Gasteiger partial charge in [-0.15, -0.1) is 0 Å². The second kappa shape index (κ2) is 8.96. The van der Waals surface area contributed by atoms with Crippen molar-refractivity contribution in [3.05, 3.63) is 71.8 Å². The first-order valence-corrected chi connectivity index (χ1v) is 9.86. The summed E-state index contributed by atoms with van der Waals surface area (Å²) in [6.07, 6.45) is 2.48. The first-order chi connectivity index (χ1) is 9.89. The molecule has 2 aromatic rings. The van der Waals surface area contributed by atoms with Crippen LogP contribution in [0.4, 0.5) is 0 Å². The van der Waals surface area contributed by atoms with E-state index >= 15 is 0 Å². The van der Waals surface area contributed by atoms with Crippen molar-refractivity contribution in [3.8, 4) is 0 Å². The molecule has 2 aromatic carbocycles. The SMILES string of the molecule is C[P+](C)(Cc1ccccc1)Cc1ccccc1.[O-]B(O)O. The Kier molecular flexibility index (Phi) is 7.62. The monoisotopic (exact) mass is 304 g/mol. The van der Waals surface area contributed by atoms with Gasteiger partial charge in [0, 0.05) is 20.6 Å². The van der Waals surface area contributed by atoms with Gasteiger partial charge < -0.3 is 15.1 Å². The van der Waals surface area contributed by atoms with Gasteiger partial charge in [0.1, 0.15) is 0 Å². The zero-order chi connectivity index (χ0) is 15.7. The normalized spacial score (nSPS) is 10.5. The predicted molar refractivity (Wildman–Crippen MR) is 89.3 cm³/mol. The summed E-state index contributed by atoms with van der Waals surface area (Å²) < 4.78 is 0. The third-order valence-corrected chi connectivity index (χ3v) is 5.35. The van der Waals surface area contributed by atoms with Crippen LogP contribution in [0.5, 0.6) is 0 Å². The second-order valence-corrected chi connectivity index (χ2v) is 10.1. The van der Waals surface area contributed by atoms with Crippen molar-refractivity contribution in [1.29, 1.82) is 0 Å². The highest BCUT2D eigenvalue weighted by molar-refractivity contribution is 7.72. The number of rotatable bonds is 4. The molecule has 0 radical (unpaired) electrons. The molecule has 0 aromatic heterocycles. The largest absolute Gasteiger partial charge is 0.832 e. The van der Waals surface area contributed by atoms with Crippen LogP contribution in [0.25, 0.3) is 0 Å². The van der Waals surface area contributed by atoms with Gasteiger partial charge in [-0.3, -0.25) is 0 Å². The van der Waals surface area contributed by atoms with E-state index in [0.717, 1.165) is 0 Å². The standard InChI is InChI=1S/C16H20P.BH2O3/c1-17(2,13-15-9-5-3-6-10-15)14-16-11-7-4-8-12-16;2-1(3)4/h3-12H,13-14H2,1-2H3;2-3H/q+1;-1. The molecule has 0 saturated heterocycles. The highest BCUT2D eigenvalue weighted by Crippen LogP contribution is 2.57. The summed E-state index contributed by atoms with van der Waals surface area (Å²) in [5.41, 5.74) is 2.95. The Morgan fingerprint density at radius 2 is 1.10 bits per heavy atom. The van der Waals surface area contributed by atoms with Crippen LogP contribution in [0.3, 0.4) is 0 Å². The van der Waals surface area contributed by atoms with E-state index in [1.54, 1.807) is 0 Å². The average molecular weight is 304 g/mol. The lowest BCUT2D eigenvalue weighted by molar-refractivity contribution is -0.242. The molecule has 0 spiro atoms. The molecule has 0 aliphatic rings. The molecule has 112 valence electrons. The van der Waals surface area contributed by atoms with E-state index in [1.807, 2.05) is 0 Å². The lowest BCUT2D eigenvalue weighted by Crippen LogP contribution is -2.29. The predicted octanol–water partition coefficient (Wildman–Crippen LogP) is 1.98. The van der Waals surface area contributed by atoms with Crippen molar-refractivity contribution in [3.63, 3.8) is 0 Å². The molecule has 0 fully saturated rings. The van der Waals surface area contributed by atoms with E-state index in [9.17, 15) is 0 Å². The second-order valence-electron chi connectivity index (χ2n) is 5.55. The Labute approximate surface area is 127 Å². The highest BCUT2D eigenvalue weighted by atomic mass is 31.2. The summed E-state index contributed by atoms with van der Waals surface area (Å²) in [4.78, 5) is 0. The summed E-state index contributed by atoms with van der Waals surface area (Å²) in [7, 11) is -3.30. The summed E-state index contributed by atoms with van der Waals surface area (Å²) in [5.74, 6) is 0. The number of hydrogen-bond donors (Lipinski definition) is 2. The maximum atomic E-state index is 8.64. The van der Waals surface area contributed by atoms with Crippen molar-refractivity contribution in [2.75, 3.05) is 13.3 Å². The van der Waals surface area contributed by atoms with Gasteiger partial charge in [0.15, 0.2) is 0 Å². The van der Waals surface area contributed by atoms with Crippen molar-refractivity contribution < 1.29 is 15.1 Å². The molecule has 2 N–H and O–H groups in total. The molecule has 0 atom stereocenters. The summed E-state index contributed by atoms with van der Waals surface area (Å²) in [5, 5.41) is 22.8. The minimum Gasteiger partial charge on any atom is -0.832 e. The maximum Gasteiger partial charge on any atom is 0.339 e. The van der Waals surface area contributed by atoms with Crippen LogP contribution in [0.15, 0.2) is 60.7 Å². The topological polar surface area (TPSA) is 63.5 Å². The van der Waals surface area contributed by atoms with Gasteiger partial charge in [-0.1, -0.05) is 60.7 Å². The van der Waals surface area contributed by atoms with E-state index in [0.29, 0.717) is 0 Å². The van der Waals surface area contributed by atoms with Crippen LogP contribution in [-0.4, -0.2) is 30.7 Å². The molecule has 21 heavy (non-hydrogen) atoms. The molecule has 5 heteroatoms. The van der Waals surface area contributed by atoms with Crippen LogP contribution in [-0.2, 0) is 12.3 Å². The Morgan fingerprint density at radius 3 is 1.38 bits per heavy atom. The van der Waals surface area contributed by atoms with Crippen LogP contribution >= 0.6 is 7.26 Å². The molecule has 0 aliphatic carbocycles. The Balaban J connectivity index is 0.000000491. The maximum absolute atomic E-state index is 8.64. The van der Waals surface area contributed by atoms with Gasteiger partial charge in [-0.2, -0.15) is 0 Å². The molecule has 2 rings (SSSR count). The van der Waals surface area contributed by atoms with Crippen LogP contribution in [0.2, 0.25) is 0 Å². The summed E-state index contributed by atoms with van der Waals surface area (Å²) in [6, 6.07) is 21.7. The molecular weight excluding hydrogens is 282 g/mol. The third-order valence-electron chi connectivity index (χ3n) is 2.91. The Morgan fingerprint density at radius 1 is 0.810 bits per heavy atom. The van der Waals surface area contributed by atoms with E-state index in [1.165, 1.54) is 23.5 Å². The molecule has 0 amide bonds. The van der Waals surface area contributed by atoms with E-state index < -0.39 is 14.6 Å². The minimum atomic E-state index is -2.42. The lowest BCUT2D eigenvalue weighted by atomic mass is 10.2. The molecule has 3 nitrogen and oxygen atoms in total. The van der Waals surface area contributed by atoms with Gasteiger partial charge in [0.2, 0.25) is 0 Å². The molecule has 0 heterocycles. The highest BCUT2D eigenvalue weighted by Gasteiger charge is 2.25. The van der Waals surface area contributed by atoms with Crippen molar-refractivity contribution in [2.45, 2.75) is 12.3 Å².